The molecule has 0 unspecified atom stereocenters. The second kappa shape index (κ2) is 5.19. The summed E-state index contributed by atoms with van der Waals surface area (Å²) in [6.45, 7) is 0. The Labute approximate surface area is 114 Å². The van der Waals surface area contributed by atoms with Gasteiger partial charge in [-0.05, 0) is 18.2 Å². The van der Waals surface area contributed by atoms with Gasteiger partial charge in [0.1, 0.15) is 11.6 Å². The van der Waals surface area contributed by atoms with Gasteiger partial charge >= 0.3 is 0 Å². The maximum absolute atomic E-state index is 5.93. The standard InChI is InChI=1S/C13H11N5S/c14-12-9-4-1-2-5-10(9)17-11(18-12)8-19-13-15-6-3-7-16-13/h1-7H,8H2,(H2,14,17,18). The largest absolute Gasteiger partial charge is 0.383 e. The van der Waals surface area contributed by atoms with Crippen molar-refractivity contribution in [3.05, 3.63) is 48.5 Å². The quantitative estimate of drug-likeness (QED) is 0.580. The SMILES string of the molecule is Nc1nc(CSc2ncccn2)nc2ccccc12. The van der Waals surface area contributed by atoms with Crippen LogP contribution in [0.3, 0.4) is 0 Å². The van der Waals surface area contributed by atoms with E-state index in [1.807, 2.05) is 24.3 Å². The van der Waals surface area contributed by atoms with Gasteiger partial charge in [0.2, 0.25) is 0 Å². The minimum atomic E-state index is 0.509. The summed E-state index contributed by atoms with van der Waals surface area (Å²) in [5, 5.41) is 1.59. The van der Waals surface area contributed by atoms with Crippen molar-refractivity contribution in [2.24, 2.45) is 0 Å². The first-order valence-electron chi connectivity index (χ1n) is 5.74. The molecule has 3 aromatic rings. The molecule has 5 nitrogen and oxygen atoms in total. The number of nitrogens with zero attached hydrogens (tertiary/aromatic N) is 4. The first-order chi connectivity index (χ1) is 9.33. The monoisotopic (exact) mass is 269 g/mol. The third-order valence-electron chi connectivity index (χ3n) is 2.55. The van der Waals surface area contributed by atoms with Crippen LogP contribution in [-0.4, -0.2) is 19.9 Å². The highest BCUT2D eigenvalue weighted by atomic mass is 32.2. The molecule has 19 heavy (non-hydrogen) atoms. The van der Waals surface area contributed by atoms with E-state index in [-0.39, 0.29) is 0 Å². The van der Waals surface area contributed by atoms with Crippen molar-refractivity contribution >= 4 is 28.5 Å². The molecule has 94 valence electrons. The van der Waals surface area contributed by atoms with Crippen LogP contribution in [-0.2, 0) is 5.75 Å². The van der Waals surface area contributed by atoms with E-state index >= 15 is 0 Å². The van der Waals surface area contributed by atoms with Gasteiger partial charge in [-0.1, -0.05) is 23.9 Å². The molecule has 0 spiro atoms. The maximum Gasteiger partial charge on any atom is 0.187 e. The Balaban J connectivity index is 1.85. The second-order valence-electron chi connectivity index (χ2n) is 3.86. The fourth-order valence-corrected chi connectivity index (χ4v) is 2.36. The van der Waals surface area contributed by atoms with E-state index in [2.05, 4.69) is 19.9 Å². The molecule has 0 aliphatic carbocycles. The number of nitrogen functional groups attached to an aromatic ring is 1. The second-order valence-corrected chi connectivity index (χ2v) is 4.80. The minimum absolute atomic E-state index is 0.509. The van der Waals surface area contributed by atoms with E-state index < -0.39 is 0 Å². The number of hydrogen-bond acceptors (Lipinski definition) is 6. The third kappa shape index (κ3) is 2.63. The van der Waals surface area contributed by atoms with Gasteiger partial charge in [-0.15, -0.1) is 0 Å². The Morgan fingerprint density at radius 3 is 2.63 bits per heavy atom. The smallest absolute Gasteiger partial charge is 0.187 e. The number of fused-ring (bicyclic) bond motifs is 1. The number of hydrogen-bond donors (Lipinski definition) is 1. The summed E-state index contributed by atoms with van der Waals surface area (Å²) in [7, 11) is 0. The highest BCUT2D eigenvalue weighted by Crippen LogP contribution is 2.21. The summed E-state index contributed by atoms with van der Waals surface area (Å²) >= 11 is 1.49. The maximum atomic E-state index is 5.93. The van der Waals surface area contributed by atoms with Gasteiger partial charge < -0.3 is 5.73 Å². The van der Waals surface area contributed by atoms with Gasteiger partial charge in [0.05, 0.1) is 11.3 Å². The van der Waals surface area contributed by atoms with Crippen molar-refractivity contribution in [1.82, 2.24) is 19.9 Å². The molecular weight excluding hydrogens is 258 g/mol. The van der Waals surface area contributed by atoms with Crippen LogP contribution in [0.5, 0.6) is 0 Å². The Bertz CT molecular complexity index is 702. The number of aromatic nitrogens is 4. The average Bonchev–Trinajstić information content (AvgIpc) is 2.46. The number of nitrogens with two attached hydrogens (primary N) is 1. The number of thioether (sulfide) groups is 1. The molecule has 0 amide bonds. The highest BCUT2D eigenvalue weighted by molar-refractivity contribution is 7.98. The van der Waals surface area contributed by atoms with Crippen LogP contribution in [0.2, 0.25) is 0 Å². The Hall–Kier alpha value is -2.21. The molecule has 0 bridgehead atoms. The van der Waals surface area contributed by atoms with E-state index in [1.54, 1.807) is 18.5 Å². The number of benzene rings is 1. The first kappa shape index (κ1) is 11.9. The zero-order valence-electron chi connectivity index (χ0n) is 10.0. The summed E-state index contributed by atoms with van der Waals surface area (Å²) in [5.74, 6) is 1.79. The molecular formula is C13H11N5S. The average molecular weight is 269 g/mol. The normalized spacial score (nSPS) is 10.7. The van der Waals surface area contributed by atoms with Crippen LogP contribution < -0.4 is 5.73 Å². The van der Waals surface area contributed by atoms with Gasteiger partial charge in [0.15, 0.2) is 5.16 Å². The summed E-state index contributed by atoms with van der Waals surface area (Å²) < 4.78 is 0. The summed E-state index contributed by atoms with van der Waals surface area (Å²) in [6, 6.07) is 9.50. The van der Waals surface area contributed by atoms with E-state index in [4.69, 9.17) is 5.73 Å². The zero-order chi connectivity index (χ0) is 13.1. The molecule has 6 heteroatoms. The molecule has 2 aromatic heterocycles. The van der Waals surface area contributed by atoms with E-state index in [0.717, 1.165) is 10.9 Å². The highest BCUT2D eigenvalue weighted by Gasteiger charge is 2.06. The molecule has 0 radical (unpaired) electrons. The minimum Gasteiger partial charge on any atom is -0.383 e. The first-order valence-corrected chi connectivity index (χ1v) is 6.72. The van der Waals surface area contributed by atoms with Crippen molar-refractivity contribution in [3.8, 4) is 0 Å². The lowest BCUT2D eigenvalue weighted by atomic mass is 10.2. The van der Waals surface area contributed by atoms with Gasteiger partial charge in [-0.25, -0.2) is 19.9 Å². The van der Waals surface area contributed by atoms with Crippen molar-refractivity contribution in [2.75, 3.05) is 5.73 Å². The topological polar surface area (TPSA) is 77.6 Å². The molecule has 0 saturated carbocycles. The molecule has 2 heterocycles. The lowest BCUT2D eigenvalue weighted by Crippen LogP contribution is -2.00. The number of rotatable bonds is 3. The lowest BCUT2D eigenvalue weighted by Gasteiger charge is -2.04. The van der Waals surface area contributed by atoms with Crippen LogP contribution in [0.25, 0.3) is 10.9 Å². The zero-order valence-corrected chi connectivity index (χ0v) is 10.8. The number of anilines is 1. The van der Waals surface area contributed by atoms with Gasteiger partial charge in [-0.3, -0.25) is 0 Å². The summed E-state index contributed by atoms with van der Waals surface area (Å²) in [5.41, 5.74) is 6.80. The van der Waals surface area contributed by atoms with Crippen molar-refractivity contribution in [3.63, 3.8) is 0 Å². The van der Waals surface area contributed by atoms with Crippen LogP contribution in [0, 0.1) is 0 Å². The molecule has 2 N–H and O–H groups in total. The molecule has 0 fully saturated rings. The fourth-order valence-electron chi connectivity index (χ4n) is 1.70. The van der Waals surface area contributed by atoms with Gasteiger partial charge in [-0.2, -0.15) is 0 Å². The van der Waals surface area contributed by atoms with Crippen molar-refractivity contribution < 1.29 is 0 Å². The molecule has 0 atom stereocenters. The molecule has 1 aromatic carbocycles. The Morgan fingerprint density at radius 1 is 1.00 bits per heavy atom. The van der Waals surface area contributed by atoms with Crippen molar-refractivity contribution in [2.45, 2.75) is 10.9 Å². The van der Waals surface area contributed by atoms with Crippen LogP contribution in [0.4, 0.5) is 5.82 Å². The molecule has 0 aliphatic heterocycles. The molecule has 0 saturated heterocycles. The predicted molar refractivity (Wildman–Crippen MR) is 75.5 cm³/mol. The molecule has 0 aliphatic rings. The predicted octanol–water partition coefficient (Wildman–Crippen LogP) is 2.29. The van der Waals surface area contributed by atoms with Crippen LogP contribution >= 0.6 is 11.8 Å². The Kier molecular flexibility index (Phi) is 3.24. The molecule has 3 rings (SSSR count). The van der Waals surface area contributed by atoms with Gasteiger partial charge in [0.25, 0.3) is 0 Å². The summed E-state index contributed by atoms with van der Waals surface area (Å²) in [4.78, 5) is 17.1. The van der Waals surface area contributed by atoms with Crippen LogP contribution in [0.1, 0.15) is 5.82 Å². The fraction of sp³-hybridized carbons (Fsp3) is 0.0769. The Morgan fingerprint density at radius 2 is 1.79 bits per heavy atom. The van der Waals surface area contributed by atoms with E-state index in [9.17, 15) is 0 Å². The van der Waals surface area contributed by atoms with Crippen LogP contribution in [0.15, 0.2) is 47.9 Å². The summed E-state index contributed by atoms with van der Waals surface area (Å²) in [6.07, 6.45) is 3.43. The van der Waals surface area contributed by atoms with Gasteiger partial charge in [0, 0.05) is 17.8 Å². The van der Waals surface area contributed by atoms with Crippen molar-refractivity contribution in [1.29, 1.82) is 0 Å². The third-order valence-corrected chi connectivity index (χ3v) is 3.42. The van der Waals surface area contributed by atoms with E-state index in [1.165, 1.54) is 11.8 Å². The van der Waals surface area contributed by atoms with E-state index in [0.29, 0.717) is 22.6 Å². The lowest BCUT2D eigenvalue weighted by molar-refractivity contribution is 0.961. The number of para-hydroxylation sites is 1.